The number of benzene rings is 1. The van der Waals surface area contributed by atoms with Crippen LogP contribution in [0.15, 0.2) is 24.3 Å². The van der Waals surface area contributed by atoms with Crippen molar-refractivity contribution >= 4 is 12.8 Å². The molecule has 1 atom stereocenters. The summed E-state index contributed by atoms with van der Waals surface area (Å²) in [5.74, 6) is 0. The standard InChI is InChI=1S/C17H28BNO2/c1-5-6-9-12-18-20-16(2,3)17(4,21-18)13-14-10-7-8-11-15(14)19/h7-8,10-11H,5-6,9,12-13,19H2,1-4H3. The maximum absolute atomic E-state index is 6.29. The van der Waals surface area contributed by atoms with Crippen molar-refractivity contribution < 1.29 is 9.31 Å². The number of anilines is 1. The number of nitrogen functional groups attached to an aromatic ring is 1. The molecule has 1 saturated heterocycles. The summed E-state index contributed by atoms with van der Waals surface area (Å²) in [5.41, 5.74) is 7.38. The van der Waals surface area contributed by atoms with Crippen LogP contribution in [-0.2, 0) is 15.7 Å². The molecule has 0 bridgehead atoms. The van der Waals surface area contributed by atoms with Gasteiger partial charge in [-0.15, -0.1) is 0 Å². The molecule has 116 valence electrons. The monoisotopic (exact) mass is 289 g/mol. The van der Waals surface area contributed by atoms with Crippen LogP contribution in [0, 0.1) is 0 Å². The molecule has 0 amide bonds. The third kappa shape index (κ3) is 3.61. The third-order valence-electron chi connectivity index (χ3n) is 4.72. The van der Waals surface area contributed by atoms with Crippen molar-refractivity contribution in [1.29, 1.82) is 0 Å². The first kappa shape index (κ1) is 16.4. The second-order valence-electron chi connectivity index (χ2n) is 6.78. The largest absolute Gasteiger partial charge is 0.457 e. The first-order valence-electron chi connectivity index (χ1n) is 8.07. The summed E-state index contributed by atoms with van der Waals surface area (Å²) in [6, 6.07) is 8.01. The van der Waals surface area contributed by atoms with Crippen molar-refractivity contribution in [2.24, 2.45) is 0 Å². The Labute approximate surface area is 129 Å². The van der Waals surface area contributed by atoms with E-state index in [1.807, 2.05) is 18.2 Å². The van der Waals surface area contributed by atoms with Crippen LogP contribution < -0.4 is 5.73 Å². The summed E-state index contributed by atoms with van der Waals surface area (Å²) in [6.07, 6.45) is 5.34. The van der Waals surface area contributed by atoms with E-state index in [1.54, 1.807) is 0 Å². The molecule has 2 N–H and O–H groups in total. The van der Waals surface area contributed by atoms with E-state index >= 15 is 0 Å². The Bertz CT molecular complexity index is 478. The average Bonchev–Trinajstić information content (AvgIpc) is 2.63. The van der Waals surface area contributed by atoms with Gasteiger partial charge >= 0.3 is 7.12 Å². The number of unbranched alkanes of at least 4 members (excludes halogenated alkanes) is 2. The van der Waals surface area contributed by atoms with E-state index in [4.69, 9.17) is 15.0 Å². The second kappa shape index (κ2) is 6.41. The molecule has 21 heavy (non-hydrogen) atoms. The zero-order chi connectivity index (χ0) is 15.5. The van der Waals surface area contributed by atoms with Gasteiger partial charge in [-0.1, -0.05) is 44.4 Å². The lowest BCUT2D eigenvalue weighted by Crippen LogP contribution is -2.46. The molecule has 2 rings (SSSR count). The Morgan fingerprint density at radius 1 is 1.10 bits per heavy atom. The Morgan fingerprint density at radius 3 is 2.48 bits per heavy atom. The fourth-order valence-corrected chi connectivity index (χ4v) is 2.90. The van der Waals surface area contributed by atoms with Crippen molar-refractivity contribution in [3.8, 4) is 0 Å². The molecule has 1 fully saturated rings. The van der Waals surface area contributed by atoms with Gasteiger partial charge in [0.1, 0.15) is 0 Å². The molecule has 0 spiro atoms. The van der Waals surface area contributed by atoms with Crippen LogP contribution in [0.5, 0.6) is 0 Å². The SMILES string of the molecule is CCCCCB1OC(C)(C)C(C)(Cc2ccccc2N)O1. The van der Waals surface area contributed by atoms with Crippen LogP contribution in [0.1, 0.15) is 52.5 Å². The van der Waals surface area contributed by atoms with Gasteiger partial charge in [0.05, 0.1) is 11.2 Å². The van der Waals surface area contributed by atoms with Gasteiger partial charge in [-0.05, 0) is 38.7 Å². The number of para-hydroxylation sites is 1. The predicted octanol–water partition coefficient (Wildman–Crippen LogP) is 4.07. The summed E-state index contributed by atoms with van der Waals surface area (Å²) in [5, 5.41) is 0. The van der Waals surface area contributed by atoms with Gasteiger partial charge in [-0.25, -0.2) is 0 Å². The topological polar surface area (TPSA) is 44.5 Å². The number of rotatable bonds is 6. The highest BCUT2D eigenvalue weighted by Crippen LogP contribution is 2.41. The zero-order valence-corrected chi connectivity index (χ0v) is 13.8. The Hall–Kier alpha value is -0.995. The lowest BCUT2D eigenvalue weighted by molar-refractivity contribution is -0.00865. The fraction of sp³-hybridized carbons (Fsp3) is 0.647. The molecule has 1 heterocycles. The van der Waals surface area contributed by atoms with Gasteiger partial charge in [0.15, 0.2) is 0 Å². The minimum atomic E-state index is -0.348. The maximum Gasteiger partial charge on any atom is 0.457 e. The van der Waals surface area contributed by atoms with Crippen LogP contribution in [0.3, 0.4) is 0 Å². The van der Waals surface area contributed by atoms with E-state index in [0.717, 1.165) is 30.4 Å². The summed E-state index contributed by atoms with van der Waals surface area (Å²) >= 11 is 0. The Balaban J connectivity index is 2.08. The average molecular weight is 289 g/mol. The molecule has 1 aliphatic heterocycles. The van der Waals surface area contributed by atoms with Gasteiger partial charge in [0.25, 0.3) is 0 Å². The molecule has 1 aromatic carbocycles. The van der Waals surface area contributed by atoms with E-state index in [2.05, 4.69) is 33.8 Å². The van der Waals surface area contributed by atoms with E-state index < -0.39 is 0 Å². The highest BCUT2D eigenvalue weighted by Gasteiger charge is 2.53. The molecule has 0 saturated carbocycles. The van der Waals surface area contributed by atoms with E-state index in [1.165, 1.54) is 12.8 Å². The predicted molar refractivity (Wildman–Crippen MR) is 89.3 cm³/mol. The van der Waals surface area contributed by atoms with Crippen LogP contribution in [-0.4, -0.2) is 18.3 Å². The number of hydrogen-bond acceptors (Lipinski definition) is 3. The van der Waals surface area contributed by atoms with Gasteiger partial charge in [0, 0.05) is 12.1 Å². The highest BCUT2D eigenvalue weighted by molar-refractivity contribution is 6.45. The molecule has 0 radical (unpaired) electrons. The Morgan fingerprint density at radius 2 is 1.81 bits per heavy atom. The van der Waals surface area contributed by atoms with E-state index in [0.29, 0.717) is 0 Å². The van der Waals surface area contributed by atoms with E-state index in [-0.39, 0.29) is 18.3 Å². The van der Waals surface area contributed by atoms with Gasteiger partial charge in [-0.2, -0.15) is 0 Å². The van der Waals surface area contributed by atoms with Crippen molar-refractivity contribution in [2.45, 2.75) is 70.9 Å². The molecule has 1 aliphatic rings. The minimum absolute atomic E-state index is 0.0958. The minimum Gasteiger partial charge on any atom is -0.403 e. The van der Waals surface area contributed by atoms with Crippen molar-refractivity contribution in [3.05, 3.63) is 29.8 Å². The van der Waals surface area contributed by atoms with Crippen molar-refractivity contribution in [3.63, 3.8) is 0 Å². The third-order valence-corrected chi connectivity index (χ3v) is 4.72. The molecule has 3 nitrogen and oxygen atoms in total. The fourth-order valence-electron chi connectivity index (χ4n) is 2.90. The molecule has 0 aliphatic carbocycles. The lowest BCUT2D eigenvalue weighted by Gasteiger charge is -2.36. The van der Waals surface area contributed by atoms with Crippen LogP contribution in [0.4, 0.5) is 5.69 Å². The van der Waals surface area contributed by atoms with Gasteiger partial charge in [0.2, 0.25) is 0 Å². The zero-order valence-electron chi connectivity index (χ0n) is 13.8. The summed E-state index contributed by atoms with van der Waals surface area (Å²) < 4.78 is 12.5. The summed E-state index contributed by atoms with van der Waals surface area (Å²) in [7, 11) is -0.0958. The first-order chi connectivity index (χ1) is 9.88. The Kier molecular flexibility index (Phi) is 5.00. The lowest BCUT2D eigenvalue weighted by atomic mass is 9.81. The maximum atomic E-state index is 6.29. The molecule has 1 unspecified atom stereocenters. The highest BCUT2D eigenvalue weighted by atomic mass is 16.7. The summed E-state index contributed by atoms with van der Waals surface area (Å²) in [4.78, 5) is 0. The van der Waals surface area contributed by atoms with Crippen LogP contribution in [0.2, 0.25) is 6.32 Å². The van der Waals surface area contributed by atoms with Gasteiger partial charge in [-0.3, -0.25) is 0 Å². The molecular formula is C17H28BNO2. The molecular weight excluding hydrogens is 261 g/mol. The van der Waals surface area contributed by atoms with E-state index in [9.17, 15) is 0 Å². The summed E-state index contributed by atoms with van der Waals surface area (Å²) in [6.45, 7) is 8.58. The first-order valence-corrected chi connectivity index (χ1v) is 8.07. The molecule has 4 heteroatoms. The normalized spacial score (nSPS) is 24.5. The molecule has 0 aromatic heterocycles. The number of hydrogen-bond donors (Lipinski definition) is 1. The number of nitrogens with two attached hydrogens (primary N) is 1. The van der Waals surface area contributed by atoms with Crippen LogP contribution >= 0.6 is 0 Å². The molecule has 1 aromatic rings. The van der Waals surface area contributed by atoms with Crippen LogP contribution in [0.25, 0.3) is 0 Å². The van der Waals surface area contributed by atoms with Crippen molar-refractivity contribution in [2.75, 3.05) is 5.73 Å². The van der Waals surface area contributed by atoms with Gasteiger partial charge < -0.3 is 15.0 Å². The quantitative estimate of drug-likeness (QED) is 0.487. The van der Waals surface area contributed by atoms with Crippen molar-refractivity contribution in [1.82, 2.24) is 0 Å². The smallest absolute Gasteiger partial charge is 0.403 e. The second-order valence-corrected chi connectivity index (χ2v) is 6.78.